The van der Waals surface area contributed by atoms with Crippen LogP contribution in [0.5, 0.6) is 11.5 Å². The molecule has 0 unspecified atom stereocenters. The molecule has 1 aliphatic carbocycles. The van der Waals surface area contributed by atoms with Crippen LogP contribution in [-0.2, 0) is 32.3 Å². The maximum Gasteiger partial charge on any atom is 0.309 e. The van der Waals surface area contributed by atoms with Gasteiger partial charge in [-0.2, -0.15) is 0 Å². The molecule has 2 aliphatic rings. The minimum Gasteiger partial charge on any atom is -0.494 e. The van der Waals surface area contributed by atoms with Gasteiger partial charge in [-0.25, -0.2) is 8.42 Å². The summed E-state index contributed by atoms with van der Waals surface area (Å²) >= 11 is 0. The minimum atomic E-state index is -2.99. The molecule has 41 heavy (non-hydrogen) atoms. The predicted molar refractivity (Wildman–Crippen MR) is 162 cm³/mol. The summed E-state index contributed by atoms with van der Waals surface area (Å²) in [6, 6.07) is 18.8. The summed E-state index contributed by atoms with van der Waals surface area (Å²) in [6.45, 7) is 7.64. The zero-order valence-corrected chi connectivity index (χ0v) is 24.9. The third-order valence-electron chi connectivity index (χ3n) is 7.86. The Bertz CT molecular complexity index is 1500. The fourth-order valence-electron chi connectivity index (χ4n) is 5.51. The van der Waals surface area contributed by atoms with Gasteiger partial charge in [-0.15, -0.1) is 0 Å². The fourth-order valence-corrected chi connectivity index (χ4v) is 6.35. The Morgan fingerprint density at radius 3 is 2.63 bits per heavy atom. The SMILES string of the molecule is CCOC(=O)[C@H]1C[C@@H]1c1ccc(NCc2ccc3c(c2)-c2c(C)cc(OCCCS(=O)(=O)CC)cc2CCO3)cc1. The monoisotopic (exact) mass is 577 g/mol. The average Bonchev–Trinajstić information content (AvgIpc) is 3.78. The summed E-state index contributed by atoms with van der Waals surface area (Å²) < 4.78 is 40.8. The van der Waals surface area contributed by atoms with Gasteiger partial charge in [0.2, 0.25) is 0 Å². The zero-order chi connectivity index (χ0) is 29.0. The summed E-state index contributed by atoms with van der Waals surface area (Å²) in [5.41, 5.74) is 7.87. The van der Waals surface area contributed by atoms with E-state index < -0.39 is 9.84 Å². The molecule has 0 saturated heterocycles. The van der Waals surface area contributed by atoms with Crippen molar-refractivity contribution in [1.29, 1.82) is 0 Å². The van der Waals surface area contributed by atoms with E-state index in [1.165, 1.54) is 16.7 Å². The van der Waals surface area contributed by atoms with Crippen LogP contribution < -0.4 is 14.8 Å². The second-order valence-corrected chi connectivity index (χ2v) is 13.3. The number of esters is 1. The molecule has 3 aromatic rings. The smallest absolute Gasteiger partial charge is 0.309 e. The standard InChI is InChI=1S/C33H39NO6S/c1-4-38-33(35)29-20-28(29)24-8-10-26(11-9-24)34-21-23-7-12-31-30(18-23)32-22(3)17-27(19-25(32)13-15-40-31)39-14-6-16-41(36,37)5-2/h7-12,17-19,28-29,34H,4-6,13-16,20-21H2,1-3H3/t28-,29+/m1/s1. The maximum absolute atomic E-state index is 12.0. The number of ether oxygens (including phenoxy) is 3. The molecule has 8 heteroatoms. The highest BCUT2D eigenvalue weighted by molar-refractivity contribution is 7.91. The third-order valence-corrected chi connectivity index (χ3v) is 9.65. The van der Waals surface area contributed by atoms with E-state index in [0.29, 0.717) is 32.8 Å². The number of rotatable bonds is 12. The van der Waals surface area contributed by atoms with Crippen molar-refractivity contribution in [3.63, 3.8) is 0 Å². The number of aryl methyl sites for hydroxylation is 1. The van der Waals surface area contributed by atoms with Gasteiger partial charge in [-0.3, -0.25) is 4.79 Å². The molecular formula is C33H39NO6S. The molecule has 1 heterocycles. The third kappa shape index (κ3) is 7.04. The quantitative estimate of drug-likeness (QED) is 0.206. The molecule has 0 bridgehead atoms. The Hall–Kier alpha value is -3.52. The van der Waals surface area contributed by atoms with Gasteiger partial charge in [-0.1, -0.05) is 25.1 Å². The van der Waals surface area contributed by atoms with Gasteiger partial charge >= 0.3 is 5.97 Å². The maximum atomic E-state index is 12.0. The molecule has 5 rings (SSSR count). The van der Waals surface area contributed by atoms with Gasteiger partial charge in [0.05, 0.1) is 31.5 Å². The van der Waals surface area contributed by atoms with Gasteiger partial charge in [0.25, 0.3) is 0 Å². The Balaban J connectivity index is 1.24. The number of anilines is 1. The molecule has 0 amide bonds. The number of fused-ring (bicyclic) bond motifs is 3. The molecule has 1 fully saturated rings. The van der Waals surface area contributed by atoms with Crippen molar-refractivity contribution in [2.24, 2.45) is 5.92 Å². The molecule has 3 aromatic carbocycles. The molecule has 0 aromatic heterocycles. The Morgan fingerprint density at radius 1 is 1.07 bits per heavy atom. The van der Waals surface area contributed by atoms with Gasteiger partial charge < -0.3 is 19.5 Å². The summed E-state index contributed by atoms with van der Waals surface area (Å²) in [5, 5.41) is 3.52. The predicted octanol–water partition coefficient (Wildman–Crippen LogP) is 6.08. The van der Waals surface area contributed by atoms with Crippen LogP contribution in [-0.4, -0.2) is 45.7 Å². The number of carbonyl (C=O) groups is 1. The fraction of sp³-hybridized carbons (Fsp3) is 0.424. The minimum absolute atomic E-state index is 0.00542. The van der Waals surface area contributed by atoms with Gasteiger partial charge in [0.1, 0.15) is 21.3 Å². The van der Waals surface area contributed by atoms with Crippen LogP contribution in [0.4, 0.5) is 5.69 Å². The van der Waals surface area contributed by atoms with Crippen LogP contribution in [0.25, 0.3) is 11.1 Å². The van der Waals surface area contributed by atoms with E-state index >= 15 is 0 Å². The molecule has 1 aliphatic heterocycles. The summed E-state index contributed by atoms with van der Waals surface area (Å²) in [4.78, 5) is 12.0. The first kappa shape index (κ1) is 29.0. The van der Waals surface area contributed by atoms with Crippen LogP contribution in [0, 0.1) is 12.8 Å². The van der Waals surface area contributed by atoms with E-state index in [4.69, 9.17) is 14.2 Å². The van der Waals surface area contributed by atoms with Crippen LogP contribution in [0.3, 0.4) is 0 Å². The van der Waals surface area contributed by atoms with Crippen LogP contribution in [0.2, 0.25) is 0 Å². The lowest BCUT2D eigenvalue weighted by atomic mass is 9.92. The van der Waals surface area contributed by atoms with Crippen LogP contribution in [0.15, 0.2) is 54.6 Å². The molecule has 0 spiro atoms. The van der Waals surface area contributed by atoms with Crippen molar-refractivity contribution in [3.8, 4) is 22.6 Å². The lowest BCUT2D eigenvalue weighted by Gasteiger charge is -2.16. The van der Waals surface area contributed by atoms with Crippen LogP contribution in [0.1, 0.15) is 54.9 Å². The van der Waals surface area contributed by atoms with Crippen molar-refractivity contribution in [3.05, 3.63) is 76.9 Å². The van der Waals surface area contributed by atoms with E-state index in [9.17, 15) is 13.2 Å². The van der Waals surface area contributed by atoms with E-state index in [1.54, 1.807) is 6.92 Å². The van der Waals surface area contributed by atoms with Crippen molar-refractivity contribution < 1.29 is 27.4 Å². The first-order valence-corrected chi connectivity index (χ1v) is 16.3. The average molecular weight is 578 g/mol. The number of hydrogen-bond acceptors (Lipinski definition) is 7. The molecular weight excluding hydrogens is 538 g/mol. The van der Waals surface area contributed by atoms with Crippen LogP contribution >= 0.6 is 0 Å². The lowest BCUT2D eigenvalue weighted by molar-refractivity contribution is -0.144. The highest BCUT2D eigenvalue weighted by Gasteiger charge is 2.45. The van der Waals surface area contributed by atoms with Gasteiger partial charge in [0.15, 0.2) is 0 Å². The largest absolute Gasteiger partial charge is 0.494 e. The number of benzene rings is 3. The van der Waals surface area contributed by atoms with Gasteiger partial charge in [0, 0.05) is 30.0 Å². The number of sulfone groups is 1. The number of carbonyl (C=O) groups excluding carboxylic acids is 1. The molecule has 1 N–H and O–H groups in total. The first-order valence-electron chi connectivity index (χ1n) is 14.5. The second-order valence-electron chi connectivity index (χ2n) is 10.8. The Morgan fingerprint density at radius 2 is 1.88 bits per heavy atom. The van der Waals surface area contributed by atoms with E-state index in [-0.39, 0.29) is 29.3 Å². The molecule has 218 valence electrons. The summed E-state index contributed by atoms with van der Waals surface area (Å²) in [7, 11) is -2.99. The molecule has 1 saturated carbocycles. The Kier molecular flexibility index (Phi) is 8.88. The topological polar surface area (TPSA) is 90.9 Å². The van der Waals surface area contributed by atoms with Crippen molar-refractivity contribution in [1.82, 2.24) is 0 Å². The van der Waals surface area contributed by atoms with Crippen molar-refractivity contribution >= 4 is 21.5 Å². The number of hydrogen-bond donors (Lipinski definition) is 1. The highest BCUT2D eigenvalue weighted by Crippen LogP contribution is 2.48. The van der Waals surface area contributed by atoms with E-state index in [0.717, 1.165) is 46.7 Å². The molecule has 0 radical (unpaired) electrons. The Labute approximate surface area is 243 Å². The summed E-state index contributed by atoms with van der Waals surface area (Å²) in [5.74, 6) is 2.11. The lowest BCUT2D eigenvalue weighted by Crippen LogP contribution is -2.12. The van der Waals surface area contributed by atoms with Crippen molar-refractivity contribution in [2.75, 3.05) is 36.6 Å². The summed E-state index contributed by atoms with van der Waals surface area (Å²) in [6.07, 6.45) is 2.11. The van der Waals surface area contributed by atoms with E-state index in [2.05, 4.69) is 54.7 Å². The van der Waals surface area contributed by atoms with Crippen molar-refractivity contribution in [2.45, 2.75) is 52.5 Å². The zero-order valence-electron chi connectivity index (χ0n) is 24.1. The van der Waals surface area contributed by atoms with E-state index in [1.807, 2.05) is 19.1 Å². The first-order chi connectivity index (χ1) is 19.8. The number of nitrogens with one attached hydrogen (secondary N) is 1. The second kappa shape index (κ2) is 12.6. The highest BCUT2D eigenvalue weighted by atomic mass is 32.2. The molecule has 2 atom stereocenters. The molecule has 7 nitrogen and oxygen atoms in total. The normalized spacial score (nSPS) is 17.4. The van der Waals surface area contributed by atoms with Gasteiger partial charge in [-0.05, 0) is 96.8 Å².